The summed E-state index contributed by atoms with van der Waals surface area (Å²) in [5, 5.41) is 2.31. The molecule has 114 valence electrons. The average Bonchev–Trinajstić information content (AvgIpc) is 2.79. The van der Waals surface area contributed by atoms with Gasteiger partial charge in [-0.15, -0.1) is 0 Å². The van der Waals surface area contributed by atoms with Crippen LogP contribution in [0.1, 0.15) is 34.9 Å². The van der Waals surface area contributed by atoms with Crippen molar-refractivity contribution >= 4 is 6.29 Å². The minimum absolute atomic E-state index is 0.375. The number of furan rings is 1. The lowest BCUT2D eigenvalue weighted by Gasteiger charge is -2.28. The molecule has 5 rings (SSSR count). The molecule has 5 heteroatoms. The smallest absolute Gasteiger partial charge is 0.185 e. The maximum absolute atomic E-state index is 11.2. The number of carbonyl (C=O) groups excluding carboxylic acids is 1. The summed E-state index contributed by atoms with van der Waals surface area (Å²) in [6.45, 7) is 3.10. The van der Waals surface area contributed by atoms with E-state index in [1.807, 2.05) is 18.2 Å². The first-order valence-electron chi connectivity index (χ1n) is 7.83. The van der Waals surface area contributed by atoms with Crippen LogP contribution in [0.3, 0.4) is 0 Å². The Labute approximate surface area is 129 Å². The molecule has 2 bridgehead atoms. The number of fused-ring (bicyclic) bond motifs is 4. The van der Waals surface area contributed by atoms with Crippen LogP contribution in [0.2, 0.25) is 0 Å². The van der Waals surface area contributed by atoms with Gasteiger partial charge in [0.05, 0.1) is 0 Å². The van der Waals surface area contributed by atoms with Gasteiger partial charge in [0.1, 0.15) is 5.76 Å². The predicted octanol–water partition coefficient (Wildman–Crippen LogP) is 2.47. The zero-order valence-electron chi connectivity index (χ0n) is 12.4. The fraction of sp³-hybridized carbons (Fsp3) is 0.412. The lowest BCUT2D eigenvalue weighted by molar-refractivity contribution is 0.110. The quantitative estimate of drug-likeness (QED) is 0.882. The Morgan fingerprint density at radius 2 is 2.23 bits per heavy atom. The number of pyridine rings is 1. The summed E-state index contributed by atoms with van der Waals surface area (Å²) < 4.78 is 5.80. The fourth-order valence-corrected chi connectivity index (χ4v) is 3.70. The van der Waals surface area contributed by atoms with Crippen LogP contribution in [0.25, 0.3) is 11.3 Å². The van der Waals surface area contributed by atoms with Gasteiger partial charge in [0.15, 0.2) is 12.0 Å². The zero-order valence-corrected chi connectivity index (χ0v) is 12.4. The molecular formula is C17H19N3O2. The van der Waals surface area contributed by atoms with Crippen LogP contribution in [0, 0.1) is 5.92 Å². The van der Waals surface area contributed by atoms with Crippen LogP contribution < -0.4 is 5.43 Å². The number of aromatic nitrogens is 1. The van der Waals surface area contributed by atoms with Crippen molar-refractivity contribution in [2.24, 2.45) is 5.92 Å². The maximum atomic E-state index is 11.2. The molecule has 1 atom stereocenters. The Morgan fingerprint density at radius 1 is 1.36 bits per heavy atom. The molecule has 3 aliphatic rings. The van der Waals surface area contributed by atoms with E-state index in [9.17, 15) is 4.79 Å². The second kappa shape index (κ2) is 5.66. The average molecular weight is 297 g/mol. The standard InChI is InChI=1S/C17H19N3O2/c21-11-14-8-15(17(22-14)13-2-1-5-18-9-13)16-10-19-20-6-3-12(16)4-7-20/h1-2,5,8-9,11-12,16,19H,3-4,6-7,10H2. The highest BCUT2D eigenvalue weighted by molar-refractivity contribution is 5.75. The summed E-state index contributed by atoms with van der Waals surface area (Å²) in [5.74, 6) is 2.20. The molecule has 3 aliphatic heterocycles. The number of rotatable bonds is 3. The predicted molar refractivity (Wildman–Crippen MR) is 82.4 cm³/mol. The van der Waals surface area contributed by atoms with Crippen molar-refractivity contribution in [3.05, 3.63) is 41.9 Å². The molecule has 0 saturated carbocycles. The van der Waals surface area contributed by atoms with Gasteiger partial charge in [0.25, 0.3) is 0 Å². The Balaban J connectivity index is 1.77. The molecule has 3 saturated heterocycles. The van der Waals surface area contributed by atoms with Gasteiger partial charge in [-0.1, -0.05) is 0 Å². The highest BCUT2D eigenvalue weighted by Crippen LogP contribution is 2.40. The van der Waals surface area contributed by atoms with Gasteiger partial charge in [-0.3, -0.25) is 15.2 Å². The molecule has 1 unspecified atom stereocenters. The van der Waals surface area contributed by atoms with Crippen molar-refractivity contribution in [1.29, 1.82) is 0 Å². The van der Waals surface area contributed by atoms with Gasteiger partial charge in [-0.25, -0.2) is 5.01 Å². The largest absolute Gasteiger partial charge is 0.453 e. The van der Waals surface area contributed by atoms with Gasteiger partial charge in [-0.2, -0.15) is 0 Å². The van der Waals surface area contributed by atoms with Crippen molar-refractivity contribution in [2.45, 2.75) is 18.8 Å². The fourth-order valence-electron chi connectivity index (χ4n) is 3.70. The second-order valence-electron chi connectivity index (χ2n) is 6.09. The van der Waals surface area contributed by atoms with E-state index < -0.39 is 0 Å². The molecule has 2 aromatic rings. The van der Waals surface area contributed by atoms with Gasteiger partial charge < -0.3 is 4.42 Å². The van der Waals surface area contributed by atoms with Crippen molar-refractivity contribution < 1.29 is 9.21 Å². The van der Waals surface area contributed by atoms with Crippen molar-refractivity contribution in [3.8, 4) is 11.3 Å². The van der Waals surface area contributed by atoms with E-state index in [-0.39, 0.29) is 0 Å². The molecule has 22 heavy (non-hydrogen) atoms. The third-order valence-electron chi connectivity index (χ3n) is 4.86. The minimum Gasteiger partial charge on any atom is -0.453 e. The highest BCUT2D eigenvalue weighted by atomic mass is 16.3. The molecule has 1 N–H and O–H groups in total. The van der Waals surface area contributed by atoms with Crippen LogP contribution in [-0.2, 0) is 0 Å². The Hall–Kier alpha value is -1.98. The molecule has 0 aliphatic carbocycles. The topological polar surface area (TPSA) is 58.4 Å². The molecule has 0 aromatic carbocycles. The van der Waals surface area contributed by atoms with E-state index in [4.69, 9.17) is 4.42 Å². The Kier molecular flexibility index (Phi) is 3.52. The number of carbonyl (C=O) groups is 1. The van der Waals surface area contributed by atoms with Crippen LogP contribution >= 0.6 is 0 Å². The summed E-state index contributed by atoms with van der Waals surface area (Å²) in [6, 6.07) is 5.79. The first kappa shape index (κ1) is 13.7. The van der Waals surface area contributed by atoms with E-state index in [1.54, 1.807) is 12.4 Å². The zero-order chi connectivity index (χ0) is 14.9. The monoisotopic (exact) mass is 297 g/mol. The summed E-state index contributed by atoms with van der Waals surface area (Å²) >= 11 is 0. The number of nitrogens with one attached hydrogen (secondary N) is 1. The first-order chi connectivity index (χ1) is 10.8. The number of aldehydes is 1. The third-order valence-corrected chi connectivity index (χ3v) is 4.86. The molecule has 5 heterocycles. The van der Waals surface area contributed by atoms with Crippen LogP contribution in [-0.4, -0.2) is 35.9 Å². The molecule has 5 nitrogen and oxygen atoms in total. The molecule has 0 spiro atoms. The maximum Gasteiger partial charge on any atom is 0.185 e. The van der Waals surface area contributed by atoms with E-state index >= 15 is 0 Å². The number of hydrogen-bond donors (Lipinski definition) is 1. The summed E-state index contributed by atoms with van der Waals surface area (Å²) in [6.07, 6.45) is 6.70. The minimum atomic E-state index is 0.375. The number of nitrogens with zero attached hydrogens (tertiary/aromatic N) is 2. The Bertz CT molecular complexity index is 660. The molecule has 0 radical (unpaired) electrons. The summed E-state index contributed by atoms with van der Waals surface area (Å²) in [4.78, 5) is 15.4. The van der Waals surface area contributed by atoms with Crippen LogP contribution in [0.15, 0.2) is 35.0 Å². The number of hydrazine groups is 1. The van der Waals surface area contributed by atoms with Gasteiger partial charge in [0.2, 0.25) is 0 Å². The van der Waals surface area contributed by atoms with Crippen molar-refractivity contribution in [2.75, 3.05) is 19.6 Å². The normalized spacial score (nSPS) is 27.5. The molecule has 3 fully saturated rings. The van der Waals surface area contributed by atoms with Crippen LogP contribution in [0.5, 0.6) is 0 Å². The molecule has 2 aromatic heterocycles. The number of piperidine rings is 1. The van der Waals surface area contributed by atoms with Crippen molar-refractivity contribution in [1.82, 2.24) is 15.4 Å². The molecule has 0 amide bonds. The van der Waals surface area contributed by atoms with Crippen molar-refractivity contribution in [3.63, 3.8) is 0 Å². The SMILES string of the molecule is O=Cc1cc(C2CNN3CCC2CC3)c(-c2cccnc2)o1. The van der Waals surface area contributed by atoms with Gasteiger partial charge in [-0.05, 0) is 37.0 Å². The van der Waals surface area contributed by atoms with Gasteiger partial charge in [0, 0.05) is 49.1 Å². The van der Waals surface area contributed by atoms with E-state index in [1.165, 1.54) is 12.8 Å². The number of hydrogen-bond acceptors (Lipinski definition) is 5. The van der Waals surface area contributed by atoms with E-state index in [2.05, 4.69) is 15.4 Å². The van der Waals surface area contributed by atoms with E-state index in [0.29, 0.717) is 17.6 Å². The van der Waals surface area contributed by atoms with Crippen LogP contribution in [0.4, 0.5) is 0 Å². The third kappa shape index (κ3) is 2.36. The molecular weight excluding hydrogens is 278 g/mol. The second-order valence-corrected chi connectivity index (χ2v) is 6.09. The van der Waals surface area contributed by atoms with E-state index in [0.717, 1.165) is 42.8 Å². The first-order valence-corrected chi connectivity index (χ1v) is 7.83. The lowest BCUT2D eigenvalue weighted by Crippen LogP contribution is -2.39. The summed E-state index contributed by atoms with van der Waals surface area (Å²) in [5.41, 5.74) is 5.59. The Morgan fingerprint density at radius 3 is 2.95 bits per heavy atom. The van der Waals surface area contributed by atoms with Gasteiger partial charge >= 0.3 is 0 Å². The summed E-state index contributed by atoms with van der Waals surface area (Å²) in [7, 11) is 0. The lowest BCUT2D eigenvalue weighted by atomic mass is 9.80. The highest BCUT2D eigenvalue weighted by Gasteiger charge is 2.34.